The van der Waals surface area contributed by atoms with E-state index in [9.17, 15) is 4.79 Å². The normalized spacial score (nSPS) is 21.2. The molecule has 1 saturated heterocycles. The molecule has 0 aliphatic carbocycles. The van der Waals surface area contributed by atoms with Crippen LogP contribution in [0.25, 0.3) is 0 Å². The van der Waals surface area contributed by atoms with E-state index in [1.54, 1.807) is 24.5 Å². The fraction of sp³-hybridized carbons (Fsp3) is 0.417. The largest absolute Gasteiger partial charge is 0.478 e. The lowest BCUT2D eigenvalue weighted by molar-refractivity contribution is -0.132. The zero-order chi connectivity index (χ0) is 11.4. The minimum Gasteiger partial charge on any atom is -0.478 e. The van der Waals surface area contributed by atoms with E-state index < -0.39 is 5.97 Å². The molecule has 0 amide bonds. The summed E-state index contributed by atoms with van der Waals surface area (Å²) in [7, 11) is 0. The Kier molecular flexibility index (Phi) is 3.41. The van der Waals surface area contributed by atoms with Crippen LogP contribution in [0.1, 0.15) is 18.6 Å². The van der Waals surface area contributed by atoms with Gasteiger partial charge in [0, 0.05) is 18.6 Å². The van der Waals surface area contributed by atoms with Crippen LogP contribution in [0.4, 0.5) is 0 Å². The van der Waals surface area contributed by atoms with Gasteiger partial charge in [-0.2, -0.15) is 0 Å². The summed E-state index contributed by atoms with van der Waals surface area (Å²) in [6, 6.07) is 3.52. The van der Waals surface area contributed by atoms with Crippen LogP contribution in [-0.4, -0.2) is 23.8 Å². The van der Waals surface area contributed by atoms with Gasteiger partial charge in [-0.3, -0.25) is 0 Å². The van der Waals surface area contributed by atoms with Crippen molar-refractivity contribution in [1.29, 1.82) is 0 Å². The number of hydrogen-bond acceptors (Lipinski definition) is 3. The molecule has 2 heterocycles. The number of ether oxygens (including phenoxy) is 1. The second-order valence-electron chi connectivity index (χ2n) is 3.80. The molecule has 0 spiro atoms. The fourth-order valence-corrected chi connectivity index (χ4v) is 1.77. The molecule has 1 fully saturated rings. The average Bonchev–Trinajstić information content (AvgIpc) is 2.88. The second kappa shape index (κ2) is 4.99. The molecule has 4 heteroatoms. The van der Waals surface area contributed by atoms with Crippen LogP contribution in [-0.2, 0) is 16.0 Å². The molecule has 1 unspecified atom stereocenters. The Balaban J connectivity index is 2.07. The Morgan fingerprint density at radius 2 is 2.50 bits per heavy atom. The van der Waals surface area contributed by atoms with Crippen molar-refractivity contribution >= 4 is 5.97 Å². The number of rotatable bonds is 4. The van der Waals surface area contributed by atoms with Gasteiger partial charge in [0.2, 0.25) is 0 Å². The van der Waals surface area contributed by atoms with Crippen molar-refractivity contribution in [3.63, 3.8) is 0 Å². The van der Waals surface area contributed by atoms with Crippen molar-refractivity contribution in [2.24, 2.45) is 0 Å². The Morgan fingerprint density at radius 3 is 3.06 bits per heavy atom. The van der Waals surface area contributed by atoms with E-state index in [1.807, 2.05) is 0 Å². The van der Waals surface area contributed by atoms with Crippen LogP contribution in [0.5, 0.6) is 0 Å². The van der Waals surface area contributed by atoms with Crippen molar-refractivity contribution in [3.05, 3.63) is 35.8 Å². The fourth-order valence-electron chi connectivity index (χ4n) is 1.77. The lowest BCUT2D eigenvalue weighted by atomic mass is 10.1. The van der Waals surface area contributed by atoms with E-state index in [0.717, 1.165) is 19.4 Å². The van der Waals surface area contributed by atoms with Crippen molar-refractivity contribution in [1.82, 2.24) is 0 Å². The average molecular weight is 222 g/mol. The smallest absolute Gasteiger partial charge is 0.331 e. The molecule has 1 atom stereocenters. The van der Waals surface area contributed by atoms with Gasteiger partial charge in [-0.25, -0.2) is 4.79 Å². The van der Waals surface area contributed by atoms with Gasteiger partial charge < -0.3 is 14.3 Å². The SMILES string of the molecule is O=C(O)/C(=C/C1CCCO1)Cc1ccco1. The van der Waals surface area contributed by atoms with Crippen molar-refractivity contribution < 1.29 is 19.1 Å². The first-order valence-electron chi connectivity index (χ1n) is 5.33. The van der Waals surface area contributed by atoms with Crippen molar-refractivity contribution in [2.75, 3.05) is 6.61 Å². The summed E-state index contributed by atoms with van der Waals surface area (Å²) < 4.78 is 10.5. The van der Waals surface area contributed by atoms with Crippen LogP contribution in [0.3, 0.4) is 0 Å². The van der Waals surface area contributed by atoms with Crippen LogP contribution < -0.4 is 0 Å². The van der Waals surface area contributed by atoms with Gasteiger partial charge in [0.1, 0.15) is 5.76 Å². The third-order valence-corrected chi connectivity index (χ3v) is 2.57. The highest BCUT2D eigenvalue weighted by Gasteiger charge is 2.17. The van der Waals surface area contributed by atoms with Crippen LogP contribution in [0.2, 0.25) is 0 Å². The standard InChI is InChI=1S/C12H14O4/c13-12(14)9(7-10-3-1-5-15-10)8-11-4-2-6-16-11/h1,3,5,8,11H,2,4,6-7H2,(H,13,14)/b9-8+. The second-order valence-corrected chi connectivity index (χ2v) is 3.80. The van der Waals surface area contributed by atoms with E-state index in [1.165, 1.54) is 0 Å². The predicted molar refractivity (Wildman–Crippen MR) is 57.1 cm³/mol. The molecule has 2 rings (SSSR count). The summed E-state index contributed by atoms with van der Waals surface area (Å²) in [4.78, 5) is 11.0. The van der Waals surface area contributed by atoms with Gasteiger partial charge in [0.15, 0.2) is 0 Å². The van der Waals surface area contributed by atoms with Crippen molar-refractivity contribution in [2.45, 2.75) is 25.4 Å². The van der Waals surface area contributed by atoms with Gasteiger partial charge in [-0.1, -0.05) is 0 Å². The summed E-state index contributed by atoms with van der Waals surface area (Å²) in [6.45, 7) is 0.717. The topological polar surface area (TPSA) is 59.7 Å². The molecule has 0 aromatic carbocycles. The van der Waals surface area contributed by atoms with Gasteiger partial charge in [-0.15, -0.1) is 0 Å². The van der Waals surface area contributed by atoms with Crippen LogP contribution in [0, 0.1) is 0 Å². The number of aliphatic carboxylic acids is 1. The number of carboxylic acid groups (broad SMARTS) is 1. The van der Waals surface area contributed by atoms with Crippen LogP contribution in [0.15, 0.2) is 34.5 Å². The highest BCUT2D eigenvalue weighted by molar-refractivity contribution is 5.87. The molecule has 0 saturated carbocycles. The highest BCUT2D eigenvalue weighted by atomic mass is 16.5. The van der Waals surface area contributed by atoms with Crippen molar-refractivity contribution in [3.8, 4) is 0 Å². The first-order chi connectivity index (χ1) is 7.75. The molecule has 1 aliphatic heterocycles. The molecule has 0 radical (unpaired) electrons. The van der Waals surface area contributed by atoms with Gasteiger partial charge in [0.25, 0.3) is 0 Å². The molecule has 4 nitrogen and oxygen atoms in total. The predicted octanol–water partition coefficient (Wildman–Crippen LogP) is 2.01. The summed E-state index contributed by atoms with van der Waals surface area (Å²) in [6.07, 6.45) is 5.38. The molecule has 1 aliphatic rings. The minimum atomic E-state index is -0.910. The quantitative estimate of drug-likeness (QED) is 0.792. The Labute approximate surface area is 93.5 Å². The number of hydrogen-bond donors (Lipinski definition) is 1. The number of carbonyl (C=O) groups is 1. The van der Waals surface area contributed by atoms with E-state index >= 15 is 0 Å². The summed E-state index contributed by atoms with van der Waals surface area (Å²) in [5.74, 6) is -0.251. The first kappa shape index (κ1) is 11.0. The Bertz CT molecular complexity index is 372. The molecule has 1 aromatic heterocycles. The third-order valence-electron chi connectivity index (χ3n) is 2.57. The molecule has 1 N–H and O–H groups in total. The molecule has 16 heavy (non-hydrogen) atoms. The minimum absolute atomic E-state index is 0.0546. The van der Waals surface area contributed by atoms with Gasteiger partial charge >= 0.3 is 5.97 Å². The molecular formula is C12H14O4. The first-order valence-corrected chi connectivity index (χ1v) is 5.33. The van der Waals surface area contributed by atoms with Crippen LogP contribution >= 0.6 is 0 Å². The molecular weight excluding hydrogens is 208 g/mol. The maximum atomic E-state index is 11.0. The van der Waals surface area contributed by atoms with Gasteiger partial charge in [0.05, 0.1) is 12.4 Å². The highest BCUT2D eigenvalue weighted by Crippen LogP contribution is 2.17. The Hall–Kier alpha value is -1.55. The summed E-state index contributed by atoms with van der Waals surface area (Å²) >= 11 is 0. The zero-order valence-corrected chi connectivity index (χ0v) is 8.89. The lowest BCUT2D eigenvalue weighted by Crippen LogP contribution is -2.09. The third kappa shape index (κ3) is 2.73. The monoisotopic (exact) mass is 222 g/mol. The van der Waals surface area contributed by atoms with E-state index in [4.69, 9.17) is 14.3 Å². The Morgan fingerprint density at radius 1 is 1.62 bits per heavy atom. The number of furan rings is 1. The lowest BCUT2D eigenvalue weighted by Gasteiger charge is -2.05. The van der Waals surface area contributed by atoms with E-state index in [-0.39, 0.29) is 6.10 Å². The maximum Gasteiger partial charge on any atom is 0.331 e. The summed E-state index contributed by atoms with van der Waals surface area (Å²) in [5, 5.41) is 9.07. The molecule has 86 valence electrons. The zero-order valence-electron chi connectivity index (χ0n) is 8.89. The number of carboxylic acids is 1. The summed E-state index contributed by atoms with van der Waals surface area (Å²) in [5.41, 5.74) is 0.335. The van der Waals surface area contributed by atoms with Gasteiger partial charge in [-0.05, 0) is 31.1 Å². The maximum absolute atomic E-state index is 11.0. The molecule has 1 aromatic rings. The molecule has 0 bridgehead atoms. The van der Waals surface area contributed by atoms with E-state index in [2.05, 4.69) is 0 Å². The van der Waals surface area contributed by atoms with E-state index in [0.29, 0.717) is 17.8 Å².